The second-order valence-corrected chi connectivity index (χ2v) is 2.79. The number of hydrogen-bond acceptors (Lipinski definition) is 3. The van der Waals surface area contributed by atoms with Crippen molar-refractivity contribution in [2.24, 2.45) is 0 Å². The first-order chi connectivity index (χ1) is 3.06. The van der Waals surface area contributed by atoms with Crippen LogP contribution >= 0.6 is 0 Å². The molecule has 0 N–H and O–H groups in total. The normalized spacial score (nSPS) is 10.2. The summed E-state index contributed by atoms with van der Waals surface area (Å²) >= 11 is 0. The largest absolute Gasteiger partial charge is 1.00 e. The van der Waals surface area contributed by atoms with Crippen LogP contribution < -0.4 is 0 Å². The Morgan fingerprint density at radius 2 is 1.88 bits per heavy atom. The molecule has 0 rings (SSSR count). The van der Waals surface area contributed by atoms with Gasteiger partial charge in [-0.2, -0.15) is 0 Å². The fourth-order valence-corrected chi connectivity index (χ4v) is 0.750. The van der Waals surface area contributed by atoms with Gasteiger partial charge in [-0.05, 0) is 6.42 Å². The molecule has 0 aromatic rings. The van der Waals surface area contributed by atoms with E-state index in [-0.39, 0.29) is 28.1 Å². The zero-order valence-corrected chi connectivity index (χ0v) is 7.33. The average Bonchev–Trinajstić information content (AvgIpc) is 1.30. The zero-order chi connectivity index (χ0) is 5.91. The molecular weight excluding hydrogens is 313 g/mol. The van der Waals surface area contributed by atoms with Crippen molar-refractivity contribution in [2.45, 2.75) is 13.3 Å². The average molecular weight is 320 g/mol. The van der Waals surface area contributed by atoms with E-state index in [1.165, 1.54) is 0 Å². The quantitative estimate of drug-likeness (QED) is 0.529. The minimum Gasteiger partial charge on any atom is -0.748 e. The maximum Gasteiger partial charge on any atom is 1.00 e. The molecule has 0 spiro atoms. The van der Waals surface area contributed by atoms with E-state index in [1.807, 2.05) is 0 Å². The van der Waals surface area contributed by atoms with Gasteiger partial charge in [-0.1, -0.05) is 6.92 Å². The monoisotopic (exact) mass is 320 g/mol. The molecule has 0 atom stereocenters. The first kappa shape index (κ1) is 11.4. The fourth-order valence-electron chi connectivity index (χ4n) is 0.250. The number of rotatable bonds is 2. The first-order valence-electron chi connectivity index (χ1n) is 2.00. The molecule has 0 bridgehead atoms. The predicted molar refractivity (Wildman–Crippen MR) is 24.9 cm³/mol. The molecule has 0 aliphatic heterocycles. The molecular formula is C3H7AuO3S. The molecule has 0 aromatic carbocycles. The van der Waals surface area contributed by atoms with Crippen LogP contribution in [0.15, 0.2) is 0 Å². The smallest absolute Gasteiger partial charge is 0.748 e. The summed E-state index contributed by atoms with van der Waals surface area (Å²) in [5, 5.41) is 0. The maximum atomic E-state index is 9.68. The van der Waals surface area contributed by atoms with E-state index in [0.717, 1.165) is 0 Å². The standard InChI is InChI=1S/C3H8O3S.Au/c1-2-3-7(4,5)6;/h2-3H2,1H3,(H,4,5,6);/q;+1/p-1. The van der Waals surface area contributed by atoms with E-state index in [4.69, 9.17) is 0 Å². The van der Waals surface area contributed by atoms with Gasteiger partial charge in [0.05, 0.1) is 10.1 Å². The summed E-state index contributed by atoms with van der Waals surface area (Å²) in [5.41, 5.74) is 0. The Bertz CT molecular complexity index is 127. The van der Waals surface area contributed by atoms with Crippen molar-refractivity contribution in [1.82, 2.24) is 0 Å². The van der Waals surface area contributed by atoms with E-state index in [9.17, 15) is 13.0 Å². The van der Waals surface area contributed by atoms with Gasteiger partial charge < -0.3 is 4.55 Å². The molecule has 0 aromatic heterocycles. The molecule has 0 heterocycles. The van der Waals surface area contributed by atoms with Crippen LogP contribution in [0.1, 0.15) is 13.3 Å². The van der Waals surface area contributed by atoms with Crippen molar-refractivity contribution in [3.8, 4) is 0 Å². The van der Waals surface area contributed by atoms with Crippen molar-refractivity contribution in [1.29, 1.82) is 0 Å². The van der Waals surface area contributed by atoms with Crippen LogP contribution in [0.25, 0.3) is 0 Å². The van der Waals surface area contributed by atoms with Crippen LogP contribution in [0.3, 0.4) is 0 Å². The van der Waals surface area contributed by atoms with Crippen LogP contribution in [-0.2, 0) is 32.5 Å². The Labute approximate surface area is 64.7 Å². The van der Waals surface area contributed by atoms with Gasteiger partial charge in [-0.3, -0.25) is 0 Å². The Morgan fingerprint density at radius 3 is 1.88 bits per heavy atom. The van der Waals surface area contributed by atoms with Gasteiger partial charge in [0.25, 0.3) is 0 Å². The van der Waals surface area contributed by atoms with Gasteiger partial charge in [0.2, 0.25) is 0 Å². The molecule has 0 amide bonds. The minimum absolute atomic E-state index is 0. The molecule has 0 saturated carbocycles. The second-order valence-electron chi connectivity index (χ2n) is 1.26. The third-order valence-corrected chi connectivity index (χ3v) is 1.36. The van der Waals surface area contributed by atoms with Crippen molar-refractivity contribution >= 4 is 10.1 Å². The molecule has 0 fully saturated rings. The summed E-state index contributed by atoms with van der Waals surface area (Å²) in [7, 11) is -3.92. The molecule has 0 radical (unpaired) electrons. The minimum atomic E-state index is -3.92. The van der Waals surface area contributed by atoms with Gasteiger partial charge in [0.1, 0.15) is 0 Å². The van der Waals surface area contributed by atoms with Crippen LogP contribution in [0.4, 0.5) is 0 Å². The predicted octanol–water partition coefficient (Wildman–Crippen LogP) is -0.0609. The van der Waals surface area contributed by atoms with Gasteiger partial charge >= 0.3 is 22.4 Å². The SMILES string of the molecule is CCCS(=O)(=O)[O-].[Au+]. The first-order valence-corrected chi connectivity index (χ1v) is 3.57. The summed E-state index contributed by atoms with van der Waals surface area (Å²) in [6.07, 6.45) is 0.409. The van der Waals surface area contributed by atoms with Crippen molar-refractivity contribution in [3.05, 3.63) is 0 Å². The van der Waals surface area contributed by atoms with E-state index in [2.05, 4.69) is 0 Å². The fraction of sp³-hybridized carbons (Fsp3) is 1.00. The van der Waals surface area contributed by atoms with Crippen LogP contribution in [0.5, 0.6) is 0 Å². The Hall–Kier alpha value is 0.650. The molecule has 5 heteroatoms. The van der Waals surface area contributed by atoms with E-state index < -0.39 is 10.1 Å². The topological polar surface area (TPSA) is 57.2 Å². The van der Waals surface area contributed by atoms with Crippen molar-refractivity contribution in [2.75, 3.05) is 5.75 Å². The summed E-state index contributed by atoms with van der Waals surface area (Å²) in [6, 6.07) is 0. The van der Waals surface area contributed by atoms with Crippen LogP contribution in [0, 0.1) is 0 Å². The summed E-state index contributed by atoms with van der Waals surface area (Å²) in [5.74, 6) is -0.243. The van der Waals surface area contributed by atoms with Gasteiger partial charge in [-0.15, -0.1) is 0 Å². The zero-order valence-electron chi connectivity index (χ0n) is 4.35. The van der Waals surface area contributed by atoms with Gasteiger partial charge in [0.15, 0.2) is 0 Å². The molecule has 54 valence electrons. The second kappa shape index (κ2) is 4.52. The number of hydrogen-bond donors (Lipinski definition) is 0. The third kappa shape index (κ3) is 9.82. The molecule has 0 aliphatic rings. The van der Waals surface area contributed by atoms with E-state index >= 15 is 0 Å². The van der Waals surface area contributed by atoms with E-state index in [1.54, 1.807) is 6.92 Å². The summed E-state index contributed by atoms with van der Waals surface area (Å²) < 4.78 is 29.0. The summed E-state index contributed by atoms with van der Waals surface area (Å²) in [4.78, 5) is 0. The van der Waals surface area contributed by atoms with Gasteiger partial charge in [-0.25, -0.2) is 8.42 Å². The Balaban J connectivity index is 0. The molecule has 0 saturated heterocycles. The third-order valence-electron chi connectivity index (χ3n) is 0.454. The van der Waals surface area contributed by atoms with Crippen molar-refractivity contribution in [3.63, 3.8) is 0 Å². The Morgan fingerprint density at radius 1 is 1.50 bits per heavy atom. The van der Waals surface area contributed by atoms with Crippen LogP contribution in [-0.4, -0.2) is 18.7 Å². The molecule has 3 nitrogen and oxygen atoms in total. The van der Waals surface area contributed by atoms with Crippen molar-refractivity contribution < 1.29 is 35.4 Å². The Kier molecular flexibility index (Phi) is 6.47. The van der Waals surface area contributed by atoms with E-state index in [0.29, 0.717) is 6.42 Å². The molecule has 0 aliphatic carbocycles. The van der Waals surface area contributed by atoms with Gasteiger partial charge in [0, 0.05) is 5.75 Å². The summed E-state index contributed by atoms with van der Waals surface area (Å²) in [6.45, 7) is 1.65. The maximum absolute atomic E-state index is 9.68. The molecule has 0 unspecified atom stereocenters. The molecule has 8 heavy (non-hydrogen) atoms. The van der Waals surface area contributed by atoms with Crippen LogP contribution in [0.2, 0.25) is 0 Å².